The highest BCUT2D eigenvalue weighted by molar-refractivity contribution is 7.98. The zero-order valence-electron chi connectivity index (χ0n) is 12.5. The second-order valence-corrected chi connectivity index (χ2v) is 6.02. The standard InChI is InChI=1S/C13H25N3O3S/c1-4-10(9-20-3)16(2)12(17)13(11(14)15-18)5-7-19-8-6-13/h10,18H,4-9H2,1-3H3,(H2,14,15). The van der Waals surface area contributed by atoms with Crippen molar-refractivity contribution in [3.8, 4) is 0 Å². The van der Waals surface area contributed by atoms with Gasteiger partial charge < -0.3 is 20.6 Å². The normalized spacial score (nSPS) is 20.4. The number of nitrogens with two attached hydrogens (primary N) is 1. The van der Waals surface area contributed by atoms with Gasteiger partial charge in [-0.25, -0.2) is 0 Å². The number of rotatable bonds is 6. The van der Waals surface area contributed by atoms with E-state index in [9.17, 15) is 4.79 Å². The van der Waals surface area contributed by atoms with Gasteiger partial charge in [0.1, 0.15) is 5.41 Å². The molecule has 0 saturated carbocycles. The fourth-order valence-electron chi connectivity index (χ4n) is 2.59. The molecule has 0 aromatic rings. The van der Waals surface area contributed by atoms with E-state index in [2.05, 4.69) is 12.1 Å². The Morgan fingerprint density at radius 2 is 2.15 bits per heavy atom. The third-order valence-corrected chi connectivity index (χ3v) is 4.77. The molecular weight excluding hydrogens is 278 g/mol. The summed E-state index contributed by atoms with van der Waals surface area (Å²) in [6.45, 7) is 2.97. The van der Waals surface area contributed by atoms with E-state index >= 15 is 0 Å². The lowest BCUT2D eigenvalue weighted by Crippen LogP contribution is -2.55. The summed E-state index contributed by atoms with van der Waals surface area (Å²) in [5, 5.41) is 12.1. The van der Waals surface area contributed by atoms with E-state index < -0.39 is 5.41 Å². The van der Waals surface area contributed by atoms with Crippen LogP contribution in [-0.4, -0.2) is 60.2 Å². The molecule has 1 aliphatic rings. The second-order valence-electron chi connectivity index (χ2n) is 5.11. The maximum atomic E-state index is 12.9. The molecule has 0 spiro atoms. The number of amides is 1. The van der Waals surface area contributed by atoms with Crippen LogP contribution in [0.5, 0.6) is 0 Å². The van der Waals surface area contributed by atoms with Gasteiger partial charge in [0.15, 0.2) is 5.84 Å². The van der Waals surface area contributed by atoms with Crippen LogP contribution in [0.25, 0.3) is 0 Å². The number of hydrogen-bond acceptors (Lipinski definition) is 5. The van der Waals surface area contributed by atoms with Crippen LogP contribution in [0.3, 0.4) is 0 Å². The van der Waals surface area contributed by atoms with Gasteiger partial charge in [-0.05, 0) is 25.5 Å². The fourth-order valence-corrected chi connectivity index (χ4v) is 3.44. The summed E-state index contributed by atoms with van der Waals surface area (Å²) >= 11 is 1.71. The number of thioether (sulfide) groups is 1. The molecule has 1 saturated heterocycles. The number of carbonyl (C=O) groups is 1. The van der Waals surface area contributed by atoms with Crippen LogP contribution in [-0.2, 0) is 9.53 Å². The van der Waals surface area contributed by atoms with Crippen molar-refractivity contribution in [1.29, 1.82) is 0 Å². The molecule has 1 rings (SSSR count). The van der Waals surface area contributed by atoms with Crippen LogP contribution in [0.2, 0.25) is 0 Å². The molecule has 1 atom stereocenters. The Morgan fingerprint density at radius 3 is 2.60 bits per heavy atom. The maximum absolute atomic E-state index is 12.9. The van der Waals surface area contributed by atoms with E-state index in [-0.39, 0.29) is 17.8 Å². The molecule has 0 radical (unpaired) electrons. The Bertz CT molecular complexity index is 357. The molecule has 0 bridgehead atoms. The fraction of sp³-hybridized carbons (Fsp3) is 0.846. The lowest BCUT2D eigenvalue weighted by Gasteiger charge is -2.39. The highest BCUT2D eigenvalue weighted by Gasteiger charge is 2.46. The van der Waals surface area contributed by atoms with E-state index in [1.54, 1.807) is 23.7 Å². The van der Waals surface area contributed by atoms with E-state index in [1.807, 2.05) is 6.26 Å². The van der Waals surface area contributed by atoms with Gasteiger partial charge in [-0.1, -0.05) is 12.1 Å². The summed E-state index contributed by atoms with van der Waals surface area (Å²) in [6.07, 6.45) is 3.82. The van der Waals surface area contributed by atoms with Gasteiger partial charge in [0.2, 0.25) is 5.91 Å². The third-order valence-electron chi connectivity index (χ3n) is 4.05. The molecule has 20 heavy (non-hydrogen) atoms. The Balaban J connectivity index is 2.98. The number of nitrogens with zero attached hydrogens (tertiary/aromatic N) is 2. The number of amidine groups is 1. The van der Waals surface area contributed by atoms with Crippen molar-refractivity contribution in [1.82, 2.24) is 4.90 Å². The van der Waals surface area contributed by atoms with Gasteiger partial charge in [0.05, 0.1) is 0 Å². The van der Waals surface area contributed by atoms with Crippen molar-refractivity contribution < 1.29 is 14.7 Å². The van der Waals surface area contributed by atoms with Gasteiger partial charge in [-0.15, -0.1) is 0 Å². The monoisotopic (exact) mass is 303 g/mol. The summed E-state index contributed by atoms with van der Waals surface area (Å²) < 4.78 is 5.32. The molecule has 0 aliphatic carbocycles. The van der Waals surface area contributed by atoms with E-state index in [1.165, 1.54) is 0 Å². The van der Waals surface area contributed by atoms with Crippen LogP contribution in [0.15, 0.2) is 5.16 Å². The van der Waals surface area contributed by atoms with Crippen molar-refractivity contribution in [3.05, 3.63) is 0 Å². The van der Waals surface area contributed by atoms with Crippen molar-refractivity contribution in [2.75, 3.05) is 32.3 Å². The Labute approximate surface area is 124 Å². The minimum atomic E-state index is -0.923. The minimum Gasteiger partial charge on any atom is -0.409 e. The first-order valence-corrected chi connectivity index (χ1v) is 8.24. The second kappa shape index (κ2) is 7.73. The van der Waals surface area contributed by atoms with Crippen LogP contribution >= 0.6 is 11.8 Å². The quantitative estimate of drug-likeness (QED) is 0.332. The van der Waals surface area contributed by atoms with Crippen LogP contribution in [0, 0.1) is 5.41 Å². The van der Waals surface area contributed by atoms with E-state index in [0.717, 1.165) is 12.2 Å². The zero-order chi connectivity index (χ0) is 15.2. The predicted octanol–water partition coefficient (Wildman–Crippen LogP) is 1.13. The largest absolute Gasteiger partial charge is 0.409 e. The maximum Gasteiger partial charge on any atom is 0.236 e. The summed E-state index contributed by atoms with van der Waals surface area (Å²) in [5.74, 6) is 0.801. The molecule has 0 aromatic carbocycles. The van der Waals surface area contributed by atoms with Crippen LogP contribution in [0.1, 0.15) is 26.2 Å². The summed E-state index contributed by atoms with van der Waals surface area (Å²) in [6, 6.07) is 0.156. The lowest BCUT2D eigenvalue weighted by molar-refractivity contribution is -0.143. The first-order chi connectivity index (χ1) is 9.53. The van der Waals surface area contributed by atoms with Crippen LogP contribution in [0.4, 0.5) is 0 Å². The van der Waals surface area contributed by atoms with Crippen molar-refractivity contribution >= 4 is 23.5 Å². The van der Waals surface area contributed by atoms with Crippen molar-refractivity contribution in [2.24, 2.45) is 16.3 Å². The highest BCUT2D eigenvalue weighted by Crippen LogP contribution is 2.33. The average Bonchev–Trinajstić information content (AvgIpc) is 2.50. The average molecular weight is 303 g/mol. The van der Waals surface area contributed by atoms with Crippen LogP contribution < -0.4 is 5.73 Å². The Morgan fingerprint density at radius 1 is 1.55 bits per heavy atom. The SMILES string of the molecule is CCC(CSC)N(C)C(=O)C1(C(N)=NO)CCOCC1. The minimum absolute atomic E-state index is 0.00310. The molecule has 116 valence electrons. The molecule has 6 nitrogen and oxygen atoms in total. The smallest absolute Gasteiger partial charge is 0.236 e. The van der Waals surface area contributed by atoms with Gasteiger partial charge >= 0.3 is 0 Å². The van der Waals surface area contributed by atoms with E-state index in [4.69, 9.17) is 15.7 Å². The van der Waals surface area contributed by atoms with Gasteiger partial charge in [0, 0.05) is 32.1 Å². The Kier molecular flexibility index (Phi) is 6.61. The topological polar surface area (TPSA) is 88.2 Å². The molecule has 1 fully saturated rings. The molecule has 1 aliphatic heterocycles. The number of oxime groups is 1. The zero-order valence-corrected chi connectivity index (χ0v) is 13.3. The number of ether oxygens (including phenoxy) is 1. The summed E-state index contributed by atoms with van der Waals surface area (Å²) in [5.41, 5.74) is 4.91. The highest BCUT2D eigenvalue weighted by atomic mass is 32.2. The summed E-state index contributed by atoms with van der Waals surface area (Å²) in [7, 11) is 1.80. The third kappa shape index (κ3) is 3.38. The van der Waals surface area contributed by atoms with Gasteiger partial charge in [0.25, 0.3) is 0 Å². The van der Waals surface area contributed by atoms with Gasteiger partial charge in [-0.3, -0.25) is 4.79 Å². The number of hydrogen-bond donors (Lipinski definition) is 2. The van der Waals surface area contributed by atoms with Crippen molar-refractivity contribution in [3.63, 3.8) is 0 Å². The Hall–Kier alpha value is -0.950. The molecule has 3 N–H and O–H groups in total. The van der Waals surface area contributed by atoms with Crippen molar-refractivity contribution in [2.45, 2.75) is 32.2 Å². The molecule has 7 heteroatoms. The molecule has 1 heterocycles. The van der Waals surface area contributed by atoms with E-state index in [0.29, 0.717) is 26.1 Å². The van der Waals surface area contributed by atoms with Gasteiger partial charge in [-0.2, -0.15) is 11.8 Å². The first-order valence-electron chi connectivity index (χ1n) is 6.85. The molecular formula is C13H25N3O3S. The lowest BCUT2D eigenvalue weighted by atomic mass is 9.77. The molecule has 1 amide bonds. The predicted molar refractivity (Wildman–Crippen MR) is 81.1 cm³/mol. The molecule has 1 unspecified atom stereocenters. The number of carbonyl (C=O) groups excluding carboxylic acids is 1. The summed E-state index contributed by atoms with van der Waals surface area (Å²) in [4.78, 5) is 14.6. The molecule has 0 aromatic heterocycles. The first kappa shape index (κ1) is 17.1.